The Balaban J connectivity index is 2.56. The van der Waals surface area contributed by atoms with Crippen molar-refractivity contribution in [2.45, 2.75) is 39.2 Å². The number of aryl methyl sites for hydroxylation is 1. The van der Waals surface area contributed by atoms with E-state index < -0.39 is 11.5 Å². The van der Waals surface area contributed by atoms with Crippen molar-refractivity contribution in [3.8, 4) is 5.75 Å². The number of carbonyl (C=O) groups is 1. The highest BCUT2D eigenvalue weighted by molar-refractivity contribution is 6.01. The SMILES string of the molecule is CCCCCCn1c(=O)c(C(N)=O)c(O)c2ccccc21. The third kappa shape index (κ3) is 2.91. The Morgan fingerprint density at radius 1 is 1.24 bits per heavy atom. The number of hydrogen-bond acceptors (Lipinski definition) is 3. The van der Waals surface area contributed by atoms with Crippen LogP contribution in [-0.2, 0) is 6.54 Å². The zero-order valence-corrected chi connectivity index (χ0v) is 12.1. The average molecular weight is 288 g/mol. The number of nitrogens with two attached hydrogens (primary N) is 1. The summed E-state index contributed by atoms with van der Waals surface area (Å²) in [4.78, 5) is 23.9. The maximum absolute atomic E-state index is 12.4. The molecule has 112 valence electrons. The van der Waals surface area contributed by atoms with E-state index in [2.05, 4.69) is 6.92 Å². The molecular formula is C16H20N2O3. The molecule has 2 rings (SSSR count). The van der Waals surface area contributed by atoms with Crippen LogP contribution in [0.25, 0.3) is 10.9 Å². The maximum Gasteiger partial charge on any atom is 0.267 e. The molecule has 1 aromatic carbocycles. The van der Waals surface area contributed by atoms with E-state index in [-0.39, 0.29) is 11.3 Å². The van der Waals surface area contributed by atoms with E-state index in [9.17, 15) is 14.7 Å². The molecule has 0 saturated carbocycles. The molecule has 1 heterocycles. The van der Waals surface area contributed by atoms with Crippen LogP contribution in [0.15, 0.2) is 29.1 Å². The zero-order valence-electron chi connectivity index (χ0n) is 12.1. The number of pyridine rings is 1. The van der Waals surface area contributed by atoms with Gasteiger partial charge in [-0.25, -0.2) is 0 Å². The van der Waals surface area contributed by atoms with Gasteiger partial charge in [0, 0.05) is 11.9 Å². The summed E-state index contributed by atoms with van der Waals surface area (Å²) in [6, 6.07) is 6.99. The predicted molar refractivity (Wildman–Crippen MR) is 82.5 cm³/mol. The second-order valence-electron chi connectivity index (χ2n) is 5.12. The molecule has 1 amide bonds. The van der Waals surface area contributed by atoms with Crippen molar-refractivity contribution in [3.63, 3.8) is 0 Å². The monoisotopic (exact) mass is 288 g/mol. The molecular weight excluding hydrogens is 268 g/mol. The van der Waals surface area contributed by atoms with E-state index in [1.165, 1.54) is 4.57 Å². The number of aromatic hydroxyl groups is 1. The van der Waals surface area contributed by atoms with E-state index in [1.807, 2.05) is 0 Å². The molecule has 0 fully saturated rings. The van der Waals surface area contributed by atoms with Crippen LogP contribution in [0.2, 0.25) is 0 Å². The molecule has 2 aromatic rings. The smallest absolute Gasteiger partial charge is 0.267 e. The molecule has 5 heteroatoms. The molecule has 0 aliphatic carbocycles. The average Bonchev–Trinajstić information content (AvgIpc) is 2.46. The Kier molecular flexibility index (Phi) is 4.62. The van der Waals surface area contributed by atoms with Crippen molar-refractivity contribution in [1.82, 2.24) is 4.57 Å². The zero-order chi connectivity index (χ0) is 15.4. The van der Waals surface area contributed by atoms with Gasteiger partial charge < -0.3 is 15.4 Å². The van der Waals surface area contributed by atoms with Crippen LogP contribution < -0.4 is 11.3 Å². The fourth-order valence-corrected chi connectivity index (χ4v) is 2.53. The third-order valence-corrected chi connectivity index (χ3v) is 3.63. The summed E-state index contributed by atoms with van der Waals surface area (Å²) >= 11 is 0. The topological polar surface area (TPSA) is 85.3 Å². The fraction of sp³-hybridized carbons (Fsp3) is 0.375. The number of aromatic nitrogens is 1. The summed E-state index contributed by atoms with van der Waals surface area (Å²) < 4.78 is 1.53. The molecule has 0 unspecified atom stereocenters. The normalized spacial score (nSPS) is 10.9. The number of amides is 1. The summed E-state index contributed by atoms with van der Waals surface area (Å²) in [5, 5.41) is 10.6. The highest BCUT2D eigenvalue weighted by atomic mass is 16.3. The van der Waals surface area contributed by atoms with E-state index in [4.69, 9.17) is 5.73 Å². The molecule has 0 spiro atoms. The van der Waals surface area contributed by atoms with Crippen LogP contribution in [0.3, 0.4) is 0 Å². The Bertz CT molecular complexity index is 719. The van der Waals surface area contributed by atoms with Crippen molar-refractivity contribution in [2.75, 3.05) is 0 Å². The number of fused-ring (bicyclic) bond motifs is 1. The van der Waals surface area contributed by atoms with Crippen LogP contribution in [0.5, 0.6) is 5.75 Å². The van der Waals surface area contributed by atoms with Gasteiger partial charge in [-0.15, -0.1) is 0 Å². The molecule has 0 atom stereocenters. The highest BCUT2D eigenvalue weighted by Crippen LogP contribution is 2.26. The first-order valence-corrected chi connectivity index (χ1v) is 7.22. The molecule has 0 aliphatic rings. The lowest BCUT2D eigenvalue weighted by molar-refractivity contribution is 0.0996. The summed E-state index contributed by atoms with van der Waals surface area (Å²) in [6.45, 7) is 2.63. The summed E-state index contributed by atoms with van der Waals surface area (Å²) in [5.41, 5.74) is 5.02. The first-order chi connectivity index (χ1) is 10.1. The van der Waals surface area contributed by atoms with E-state index in [1.54, 1.807) is 24.3 Å². The number of rotatable bonds is 6. The summed E-state index contributed by atoms with van der Waals surface area (Å²) in [5.74, 6) is -1.22. The lowest BCUT2D eigenvalue weighted by Gasteiger charge is -2.13. The molecule has 1 aromatic heterocycles. The quantitative estimate of drug-likeness (QED) is 0.800. The second kappa shape index (κ2) is 6.43. The van der Waals surface area contributed by atoms with Gasteiger partial charge in [-0.05, 0) is 18.6 Å². The molecule has 0 aliphatic heterocycles. The van der Waals surface area contributed by atoms with Crippen LogP contribution in [0, 0.1) is 0 Å². The highest BCUT2D eigenvalue weighted by Gasteiger charge is 2.19. The summed E-state index contributed by atoms with van der Waals surface area (Å²) in [6.07, 6.45) is 4.08. The maximum atomic E-state index is 12.4. The number of hydrogen-bond donors (Lipinski definition) is 2. The molecule has 0 bridgehead atoms. The Hall–Kier alpha value is -2.30. The fourth-order valence-electron chi connectivity index (χ4n) is 2.53. The van der Waals surface area contributed by atoms with Gasteiger partial charge >= 0.3 is 0 Å². The first-order valence-electron chi connectivity index (χ1n) is 7.22. The van der Waals surface area contributed by atoms with E-state index in [0.717, 1.165) is 25.7 Å². The number of benzene rings is 1. The van der Waals surface area contributed by atoms with Crippen molar-refractivity contribution in [2.24, 2.45) is 5.73 Å². The lowest BCUT2D eigenvalue weighted by atomic mass is 10.1. The van der Waals surface area contributed by atoms with Crippen LogP contribution in [-0.4, -0.2) is 15.6 Å². The van der Waals surface area contributed by atoms with Crippen LogP contribution in [0.4, 0.5) is 0 Å². The van der Waals surface area contributed by atoms with Gasteiger partial charge in [-0.1, -0.05) is 38.3 Å². The molecule has 5 nitrogen and oxygen atoms in total. The van der Waals surface area contributed by atoms with Gasteiger partial charge in [-0.3, -0.25) is 9.59 Å². The van der Waals surface area contributed by atoms with Gasteiger partial charge in [0.25, 0.3) is 11.5 Å². The molecule has 0 radical (unpaired) electrons. The molecule has 21 heavy (non-hydrogen) atoms. The van der Waals surface area contributed by atoms with Crippen LogP contribution >= 0.6 is 0 Å². The van der Waals surface area contributed by atoms with Crippen LogP contribution in [0.1, 0.15) is 43.0 Å². The number of nitrogens with zero attached hydrogens (tertiary/aromatic N) is 1. The standard InChI is InChI=1S/C16H20N2O3/c1-2-3-4-7-10-18-12-9-6-5-8-11(12)14(19)13(15(17)20)16(18)21/h5-6,8-9,19H,2-4,7,10H2,1H3,(H2,17,20). The van der Waals surface area contributed by atoms with Crippen molar-refractivity contribution >= 4 is 16.8 Å². The number of primary amides is 1. The van der Waals surface area contributed by atoms with Gasteiger partial charge in [0.15, 0.2) is 0 Å². The molecule has 3 N–H and O–H groups in total. The predicted octanol–water partition coefficient (Wildman–Crippen LogP) is 2.39. The third-order valence-electron chi connectivity index (χ3n) is 3.63. The minimum absolute atomic E-state index is 0.326. The number of para-hydroxylation sites is 1. The minimum atomic E-state index is -0.898. The Morgan fingerprint density at radius 2 is 1.95 bits per heavy atom. The van der Waals surface area contributed by atoms with Gasteiger partial charge in [0.1, 0.15) is 11.3 Å². The Morgan fingerprint density at radius 3 is 2.62 bits per heavy atom. The lowest BCUT2D eigenvalue weighted by Crippen LogP contribution is -2.30. The Labute approximate surface area is 123 Å². The largest absolute Gasteiger partial charge is 0.506 e. The van der Waals surface area contributed by atoms with Gasteiger partial charge in [0.05, 0.1) is 5.52 Å². The van der Waals surface area contributed by atoms with Crippen molar-refractivity contribution in [1.29, 1.82) is 0 Å². The minimum Gasteiger partial charge on any atom is -0.506 e. The van der Waals surface area contributed by atoms with Crippen molar-refractivity contribution in [3.05, 3.63) is 40.2 Å². The van der Waals surface area contributed by atoms with Gasteiger partial charge in [-0.2, -0.15) is 0 Å². The number of carbonyl (C=O) groups excluding carboxylic acids is 1. The van der Waals surface area contributed by atoms with Crippen molar-refractivity contribution < 1.29 is 9.90 Å². The van der Waals surface area contributed by atoms with Gasteiger partial charge in [0.2, 0.25) is 0 Å². The van der Waals surface area contributed by atoms with E-state index >= 15 is 0 Å². The second-order valence-corrected chi connectivity index (χ2v) is 5.12. The van der Waals surface area contributed by atoms with E-state index in [0.29, 0.717) is 17.4 Å². The molecule has 0 saturated heterocycles. The first kappa shape index (κ1) is 15.1. The summed E-state index contributed by atoms with van der Waals surface area (Å²) in [7, 11) is 0. The number of unbranched alkanes of at least 4 members (excludes halogenated alkanes) is 3.